The third kappa shape index (κ3) is 2.95. The predicted octanol–water partition coefficient (Wildman–Crippen LogP) is -0.832. The highest BCUT2D eigenvalue weighted by Gasteiger charge is 2.35. The van der Waals surface area contributed by atoms with Crippen LogP contribution in [0.1, 0.15) is 12.8 Å². The Morgan fingerprint density at radius 2 is 2.31 bits per heavy atom. The van der Waals surface area contributed by atoms with Gasteiger partial charge in [-0.3, -0.25) is 0 Å². The van der Waals surface area contributed by atoms with Crippen molar-refractivity contribution >= 4 is 10.0 Å². The van der Waals surface area contributed by atoms with Gasteiger partial charge in [-0.15, -0.1) is 0 Å². The largest absolute Gasteiger partial charge is 0.315 e. The lowest BCUT2D eigenvalue weighted by atomic mass is 9.84. The smallest absolute Gasteiger partial charge is 0.210 e. The molecule has 0 spiro atoms. The van der Waals surface area contributed by atoms with Crippen molar-refractivity contribution in [1.29, 1.82) is 5.26 Å². The van der Waals surface area contributed by atoms with E-state index in [1.165, 1.54) is 0 Å². The van der Waals surface area contributed by atoms with Crippen LogP contribution in [0.3, 0.4) is 0 Å². The quantitative estimate of drug-likeness (QED) is 0.612. The highest BCUT2D eigenvalue weighted by molar-refractivity contribution is 7.89. The maximum atomic E-state index is 10.9. The summed E-state index contributed by atoms with van der Waals surface area (Å²) >= 11 is 0. The van der Waals surface area contributed by atoms with Gasteiger partial charge in [-0.2, -0.15) is 5.26 Å². The fourth-order valence-corrected chi connectivity index (χ4v) is 2.69. The van der Waals surface area contributed by atoms with Crippen LogP contribution in [0, 0.1) is 16.7 Å². The van der Waals surface area contributed by atoms with Gasteiger partial charge >= 0.3 is 0 Å². The fourth-order valence-electron chi connectivity index (χ4n) is 1.60. The van der Waals surface area contributed by atoms with E-state index < -0.39 is 15.4 Å². The summed E-state index contributed by atoms with van der Waals surface area (Å²) in [5, 5.41) is 16.8. The second-order valence-corrected chi connectivity index (χ2v) is 5.09. The number of nitrogens with one attached hydrogen (secondary N) is 1. The number of rotatable bonds is 2. The number of hydrogen-bond donors (Lipinski definition) is 2. The third-order valence-electron chi connectivity index (χ3n) is 2.19. The summed E-state index contributed by atoms with van der Waals surface area (Å²) in [5.74, 6) is -0.247. The van der Waals surface area contributed by atoms with Crippen LogP contribution in [0.15, 0.2) is 0 Å². The van der Waals surface area contributed by atoms with Crippen LogP contribution in [0.25, 0.3) is 0 Å². The maximum Gasteiger partial charge on any atom is 0.210 e. The lowest BCUT2D eigenvalue weighted by Crippen LogP contribution is -2.44. The van der Waals surface area contributed by atoms with Gasteiger partial charge in [0.1, 0.15) is 0 Å². The van der Waals surface area contributed by atoms with Gasteiger partial charge < -0.3 is 5.32 Å². The van der Waals surface area contributed by atoms with E-state index in [2.05, 4.69) is 11.4 Å². The number of piperidine rings is 1. The van der Waals surface area contributed by atoms with Crippen molar-refractivity contribution < 1.29 is 8.42 Å². The Morgan fingerprint density at radius 3 is 2.69 bits per heavy atom. The highest BCUT2D eigenvalue weighted by Crippen LogP contribution is 2.26. The minimum Gasteiger partial charge on any atom is -0.315 e. The Balaban J connectivity index is 2.76. The molecule has 1 rings (SSSR count). The number of hydrogen-bond acceptors (Lipinski definition) is 4. The molecule has 3 N–H and O–H groups in total. The minimum absolute atomic E-state index is 0.247. The summed E-state index contributed by atoms with van der Waals surface area (Å²) in [5.41, 5.74) is -0.814. The molecule has 74 valence electrons. The van der Waals surface area contributed by atoms with Crippen molar-refractivity contribution in [3.63, 3.8) is 0 Å². The maximum absolute atomic E-state index is 10.9. The first-order valence-electron chi connectivity index (χ1n) is 4.10. The molecule has 0 saturated carbocycles. The summed E-state index contributed by atoms with van der Waals surface area (Å²) in [4.78, 5) is 0. The molecule has 0 radical (unpaired) electrons. The lowest BCUT2D eigenvalue weighted by Gasteiger charge is -2.29. The van der Waals surface area contributed by atoms with E-state index >= 15 is 0 Å². The van der Waals surface area contributed by atoms with E-state index in [-0.39, 0.29) is 5.75 Å². The normalized spacial score (nSPS) is 29.5. The Morgan fingerprint density at radius 1 is 1.62 bits per heavy atom. The Hall–Kier alpha value is -0.640. The van der Waals surface area contributed by atoms with Gasteiger partial charge in [-0.1, -0.05) is 0 Å². The zero-order valence-electron chi connectivity index (χ0n) is 7.28. The summed E-state index contributed by atoms with van der Waals surface area (Å²) in [7, 11) is -3.56. The van der Waals surface area contributed by atoms with Crippen molar-refractivity contribution in [2.45, 2.75) is 12.8 Å². The van der Waals surface area contributed by atoms with Crippen molar-refractivity contribution in [3.05, 3.63) is 0 Å². The van der Waals surface area contributed by atoms with E-state index in [0.717, 1.165) is 13.0 Å². The number of nitrogens with zero attached hydrogens (tertiary/aromatic N) is 1. The van der Waals surface area contributed by atoms with Crippen LogP contribution >= 0.6 is 0 Å². The molecule has 0 aromatic heterocycles. The van der Waals surface area contributed by atoms with Crippen LogP contribution in [-0.4, -0.2) is 27.3 Å². The molecule has 1 saturated heterocycles. The van der Waals surface area contributed by atoms with Gasteiger partial charge in [0.2, 0.25) is 10.0 Å². The van der Waals surface area contributed by atoms with Crippen molar-refractivity contribution in [2.24, 2.45) is 10.6 Å². The number of primary sulfonamides is 1. The van der Waals surface area contributed by atoms with E-state index in [0.29, 0.717) is 13.0 Å². The first kappa shape index (κ1) is 10.4. The SMILES string of the molecule is N#CC1(CS(N)(=O)=O)CCCNC1. The summed E-state index contributed by atoms with van der Waals surface area (Å²) in [6.45, 7) is 1.26. The molecule has 1 fully saturated rings. The molecule has 5 nitrogen and oxygen atoms in total. The molecule has 0 aromatic rings. The average Bonchev–Trinajstić information content (AvgIpc) is 2.03. The molecule has 1 atom stereocenters. The van der Waals surface area contributed by atoms with Gasteiger partial charge in [0.15, 0.2) is 0 Å². The number of sulfonamides is 1. The van der Waals surface area contributed by atoms with Gasteiger partial charge in [-0.05, 0) is 19.4 Å². The van der Waals surface area contributed by atoms with Crippen LogP contribution < -0.4 is 10.5 Å². The van der Waals surface area contributed by atoms with Crippen molar-refractivity contribution in [1.82, 2.24) is 5.32 Å². The van der Waals surface area contributed by atoms with Crippen LogP contribution in [-0.2, 0) is 10.0 Å². The van der Waals surface area contributed by atoms with Crippen LogP contribution in [0.5, 0.6) is 0 Å². The fraction of sp³-hybridized carbons (Fsp3) is 0.857. The summed E-state index contributed by atoms with van der Waals surface area (Å²) in [6.07, 6.45) is 1.43. The molecule has 0 aliphatic carbocycles. The topological polar surface area (TPSA) is 96.0 Å². The second-order valence-electron chi connectivity index (χ2n) is 3.48. The van der Waals surface area contributed by atoms with Gasteiger partial charge in [-0.25, -0.2) is 13.6 Å². The number of nitriles is 1. The zero-order valence-corrected chi connectivity index (χ0v) is 8.10. The van der Waals surface area contributed by atoms with Crippen molar-refractivity contribution in [3.8, 4) is 6.07 Å². The van der Waals surface area contributed by atoms with E-state index in [1.54, 1.807) is 0 Å². The molecule has 1 aliphatic heterocycles. The lowest BCUT2D eigenvalue weighted by molar-refractivity contribution is 0.318. The molecule has 1 aliphatic rings. The highest BCUT2D eigenvalue weighted by atomic mass is 32.2. The molecule has 13 heavy (non-hydrogen) atoms. The molecular weight excluding hydrogens is 190 g/mol. The van der Waals surface area contributed by atoms with E-state index in [4.69, 9.17) is 10.4 Å². The van der Waals surface area contributed by atoms with Gasteiger partial charge in [0, 0.05) is 6.54 Å². The van der Waals surface area contributed by atoms with E-state index in [1.807, 2.05) is 0 Å². The van der Waals surface area contributed by atoms with Gasteiger partial charge in [0.25, 0.3) is 0 Å². The molecular formula is C7H13N3O2S. The zero-order chi connectivity index (χ0) is 9.95. The summed E-state index contributed by atoms with van der Waals surface area (Å²) in [6, 6.07) is 2.05. The summed E-state index contributed by atoms with van der Waals surface area (Å²) < 4.78 is 21.7. The Bertz CT molecular complexity index is 311. The molecule has 0 amide bonds. The van der Waals surface area contributed by atoms with Crippen LogP contribution in [0.2, 0.25) is 0 Å². The Kier molecular flexibility index (Phi) is 2.91. The monoisotopic (exact) mass is 203 g/mol. The standard InChI is InChI=1S/C7H13N3O2S/c8-4-7(6-13(9,11)12)2-1-3-10-5-7/h10H,1-3,5-6H2,(H2,9,11,12). The van der Waals surface area contributed by atoms with Gasteiger partial charge in [0.05, 0.1) is 17.2 Å². The van der Waals surface area contributed by atoms with Crippen molar-refractivity contribution in [2.75, 3.05) is 18.8 Å². The third-order valence-corrected chi connectivity index (χ3v) is 3.14. The first-order valence-corrected chi connectivity index (χ1v) is 5.81. The van der Waals surface area contributed by atoms with E-state index in [9.17, 15) is 8.42 Å². The predicted molar refractivity (Wildman–Crippen MR) is 48.1 cm³/mol. The minimum atomic E-state index is -3.56. The number of nitrogens with two attached hydrogens (primary N) is 1. The molecule has 1 unspecified atom stereocenters. The Labute approximate surface area is 78.0 Å². The molecule has 1 heterocycles. The second kappa shape index (κ2) is 3.62. The molecule has 6 heteroatoms. The molecule has 0 bridgehead atoms. The molecule has 0 aromatic carbocycles. The first-order chi connectivity index (χ1) is 5.97. The van der Waals surface area contributed by atoms with Crippen LogP contribution in [0.4, 0.5) is 0 Å². The average molecular weight is 203 g/mol.